The Labute approximate surface area is 239 Å². The molecule has 1 aliphatic heterocycles. The molecule has 216 valence electrons. The molecule has 1 saturated carbocycles. The first-order valence-corrected chi connectivity index (χ1v) is 13.7. The van der Waals surface area contributed by atoms with Crippen LogP contribution in [0.3, 0.4) is 0 Å². The Morgan fingerprint density at radius 1 is 1.18 bits per heavy atom. The quantitative estimate of drug-likeness (QED) is 0.449. The number of carbonyl (C=O) groups excluding carboxylic acids is 1. The van der Waals surface area contributed by atoms with Gasteiger partial charge in [-0.3, -0.25) is 9.69 Å². The molecule has 2 aromatic rings. The number of aliphatic carboxylic acids is 1. The van der Waals surface area contributed by atoms with Gasteiger partial charge in [0, 0.05) is 50.5 Å². The van der Waals surface area contributed by atoms with Gasteiger partial charge in [0.1, 0.15) is 11.9 Å². The average Bonchev–Trinajstić information content (AvgIpc) is 3.34. The molecule has 9 nitrogen and oxygen atoms in total. The number of carboxylic acids is 1. The Kier molecular flexibility index (Phi) is 11.0. The number of anilines is 1. The van der Waals surface area contributed by atoms with Crippen LogP contribution in [0, 0.1) is 17.2 Å². The number of rotatable bonds is 7. The van der Waals surface area contributed by atoms with E-state index in [1.165, 1.54) is 5.56 Å². The fraction of sp³-hybridized carbons (Fsp3) is 0.519. The third-order valence-corrected chi connectivity index (χ3v) is 7.71. The Balaban J connectivity index is 0.000000559. The number of halogens is 4. The number of aromatic nitrogens is 2. The number of alkyl halides is 3. The molecule has 0 amide bonds. The minimum Gasteiger partial charge on any atom is -0.475 e. The Bertz CT molecular complexity index is 1210. The van der Waals surface area contributed by atoms with Gasteiger partial charge in [0.25, 0.3) is 0 Å². The largest absolute Gasteiger partial charge is 0.490 e. The molecule has 2 fully saturated rings. The number of likely N-dealkylation sites (N-methyl/N-ethyl adjacent to an activating group) is 1. The second-order valence-corrected chi connectivity index (χ2v) is 10.9. The van der Waals surface area contributed by atoms with Crippen LogP contribution in [0.5, 0.6) is 0 Å². The Morgan fingerprint density at radius 3 is 2.33 bits per heavy atom. The highest BCUT2D eigenvalue weighted by Crippen LogP contribution is 2.35. The van der Waals surface area contributed by atoms with Gasteiger partial charge in [-0.25, -0.2) is 14.8 Å². The summed E-state index contributed by atoms with van der Waals surface area (Å²) in [5.41, 5.74) is 1.94. The van der Waals surface area contributed by atoms with Crippen LogP contribution >= 0.6 is 15.9 Å². The first-order chi connectivity index (χ1) is 18.9. The van der Waals surface area contributed by atoms with Crippen molar-refractivity contribution in [3.8, 4) is 6.07 Å². The van der Waals surface area contributed by atoms with E-state index in [-0.39, 0.29) is 24.2 Å². The molecule has 2 heterocycles. The maximum Gasteiger partial charge on any atom is 0.490 e. The van der Waals surface area contributed by atoms with Crippen LogP contribution < -0.4 is 4.90 Å². The molecule has 1 saturated heterocycles. The minimum absolute atomic E-state index is 0.0595. The lowest BCUT2D eigenvalue weighted by Crippen LogP contribution is -2.43. The Hall–Kier alpha value is -3.08. The number of ketones is 1. The number of Topliss-reactive ketones (excluding diaryl/α,β-unsaturated/α-hetero) is 1. The normalized spacial score (nSPS) is 19.8. The van der Waals surface area contributed by atoms with Crippen LogP contribution in [0.2, 0.25) is 0 Å². The summed E-state index contributed by atoms with van der Waals surface area (Å²) in [6.45, 7) is 7.71. The van der Waals surface area contributed by atoms with Crippen LogP contribution in [-0.4, -0.2) is 88.6 Å². The highest BCUT2D eigenvalue weighted by atomic mass is 79.9. The molecule has 0 bridgehead atoms. The molecule has 2 atom stereocenters. The molecule has 1 aliphatic carbocycles. The fourth-order valence-electron chi connectivity index (χ4n) is 4.86. The monoisotopic (exact) mass is 624 g/mol. The predicted molar refractivity (Wildman–Crippen MR) is 146 cm³/mol. The lowest BCUT2D eigenvalue weighted by atomic mass is 10.0. The van der Waals surface area contributed by atoms with Crippen molar-refractivity contribution in [3.05, 3.63) is 51.9 Å². The van der Waals surface area contributed by atoms with E-state index >= 15 is 0 Å². The third kappa shape index (κ3) is 8.71. The van der Waals surface area contributed by atoms with Crippen molar-refractivity contribution in [1.82, 2.24) is 19.8 Å². The summed E-state index contributed by atoms with van der Waals surface area (Å²) in [6, 6.07) is 10.3. The fourth-order valence-corrected chi connectivity index (χ4v) is 5.28. The van der Waals surface area contributed by atoms with Crippen molar-refractivity contribution in [2.45, 2.75) is 44.9 Å². The molecule has 0 unspecified atom stereocenters. The number of benzene rings is 1. The van der Waals surface area contributed by atoms with Crippen LogP contribution in [0.25, 0.3) is 0 Å². The molecule has 2 aliphatic rings. The third-order valence-electron chi connectivity index (χ3n) is 7.15. The van der Waals surface area contributed by atoms with E-state index < -0.39 is 12.1 Å². The molecule has 4 rings (SSSR count). The van der Waals surface area contributed by atoms with E-state index in [2.05, 4.69) is 66.7 Å². The molecule has 0 spiro atoms. The van der Waals surface area contributed by atoms with E-state index in [1.54, 1.807) is 6.20 Å². The molecule has 1 aromatic carbocycles. The number of nitrogens with zero attached hydrogens (tertiary/aromatic N) is 6. The van der Waals surface area contributed by atoms with Crippen molar-refractivity contribution in [3.63, 3.8) is 0 Å². The zero-order chi connectivity index (χ0) is 29.4. The van der Waals surface area contributed by atoms with Crippen molar-refractivity contribution in [2.24, 2.45) is 5.92 Å². The van der Waals surface area contributed by atoms with Crippen LogP contribution in [0.4, 0.5) is 19.0 Å². The zero-order valence-electron chi connectivity index (χ0n) is 22.4. The van der Waals surface area contributed by atoms with Gasteiger partial charge in [-0.2, -0.15) is 18.4 Å². The standard InChI is InChI=1S/C25H31BrN6O.C2HF3O2/c1-18-4-3-5-22(18)32(25-21(26)15-28-24(14-27)29-25)17-23(33)20-8-6-19(7-9-20)16-31-12-10-30(2)11-13-31;3-2(4,5)1(6)7/h6-9,15,18,22H,3-5,10-13,16-17H2,1-2H3;(H,6,7)/t18-,22-;/m1./s1. The molecule has 13 heteroatoms. The first kappa shape index (κ1) is 31.4. The first-order valence-electron chi connectivity index (χ1n) is 12.9. The van der Waals surface area contributed by atoms with E-state index in [1.807, 2.05) is 18.2 Å². The van der Waals surface area contributed by atoms with E-state index in [0.29, 0.717) is 21.8 Å². The van der Waals surface area contributed by atoms with Gasteiger partial charge in [-0.1, -0.05) is 37.6 Å². The summed E-state index contributed by atoms with van der Waals surface area (Å²) < 4.78 is 32.4. The van der Waals surface area contributed by atoms with Gasteiger partial charge < -0.3 is 14.9 Å². The van der Waals surface area contributed by atoms with Crippen LogP contribution in [-0.2, 0) is 11.3 Å². The summed E-state index contributed by atoms with van der Waals surface area (Å²) in [4.78, 5) is 37.6. The molecule has 40 heavy (non-hydrogen) atoms. The maximum atomic E-state index is 13.3. The summed E-state index contributed by atoms with van der Waals surface area (Å²) >= 11 is 3.54. The van der Waals surface area contributed by atoms with Crippen molar-refractivity contribution in [1.29, 1.82) is 5.26 Å². The molecular formula is C27H32BrF3N6O3. The lowest BCUT2D eigenvalue weighted by Gasteiger charge is -2.33. The summed E-state index contributed by atoms with van der Waals surface area (Å²) in [6.07, 6.45) is -0.211. The van der Waals surface area contributed by atoms with Crippen LogP contribution in [0.15, 0.2) is 34.9 Å². The van der Waals surface area contributed by atoms with Crippen molar-refractivity contribution >= 4 is 33.5 Å². The maximum absolute atomic E-state index is 13.3. The highest BCUT2D eigenvalue weighted by Gasteiger charge is 2.38. The number of carbonyl (C=O) groups is 2. The molecular weight excluding hydrogens is 593 g/mol. The topological polar surface area (TPSA) is 114 Å². The SMILES string of the molecule is C[C@@H]1CCC[C@H]1N(CC(=O)c1ccc(CN2CCN(C)CC2)cc1)c1nc(C#N)ncc1Br.O=C(O)C(F)(F)F. The average molecular weight is 625 g/mol. The van der Waals surface area contributed by atoms with Gasteiger partial charge in [0.05, 0.1) is 11.0 Å². The van der Waals surface area contributed by atoms with Crippen molar-refractivity contribution in [2.75, 3.05) is 44.7 Å². The zero-order valence-corrected chi connectivity index (χ0v) is 24.0. The van der Waals surface area contributed by atoms with Gasteiger partial charge in [0.2, 0.25) is 5.82 Å². The van der Waals surface area contributed by atoms with E-state index in [0.717, 1.165) is 52.0 Å². The second kappa shape index (κ2) is 14.0. The van der Waals surface area contributed by atoms with E-state index in [4.69, 9.17) is 9.90 Å². The number of hydrogen-bond donors (Lipinski definition) is 1. The second-order valence-electron chi connectivity index (χ2n) is 10.1. The molecule has 0 radical (unpaired) electrons. The predicted octanol–water partition coefficient (Wildman–Crippen LogP) is 4.37. The lowest BCUT2D eigenvalue weighted by molar-refractivity contribution is -0.192. The van der Waals surface area contributed by atoms with E-state index in [9.17, 15) is 23.2 Å². The van der Waals surface area contributed by atoms with Gasteiger partial charge in [0.15, 0.2) is 5.78 Å². The van der Waals surface area contributed by atoms with Gasteiger partial charge in [-0.05, 0) is 47.3 Å². The smallest absolute Gasteiger partial charge is 0.475 e. The summed E-state index contributed by atoms with van der Waals surface area (Å²) in [7, 11) is 2.16. The number of piperazine rings is 1. The summed E-state index contributed by atoms with van der Waals surface area (Å²) in [5.74, 6) is -1.50. The minimum atomic E-state index is -5.08. The van der Waals surface area contributed by atoms with Gasteiger partial charge >= 0.3 is 12.1 Å². The summed E-state index contributed by atoms with van der Waals surface area (Å²) in [5, 5.41) is 16.4. The molecule has 1 N–H and O–H groups in total. The van der Waals surface area contributed by atoms with Gasteiger partial charge in [-0.15, -0.1) is 0 Å². The number of hydrogen-bond acceptors (Lipinski definition) is 8. The highest BCUT2D eigenvalue weighted by molar-refractivity contribution is 9.10. The Morgan fingerprint density at radius 2 is 1.80 bits per heavy atom. The van der Waals surface area contributed by atoms with Crippen molar-refractivity contribution < 1.29 is 27.9 Å². The van der Waals surface area contributed by atoms with Crippen LogP contribution in [0.1, 0.15) is 47.9 Å². The molecule has 1 aromatic heterocycles. The number of nitriles is 1. The number of carboxylic acid groups (broad SMARTS) is 1.